The standard InChI is InChI=1S/C24H23F3N2O3S/c1-14(16-4-3-5-17(23(16)25)24(26)27)29-20-6-9-28-21-13-22(32-2)18(12-19(20)21)15-7-10-33(30,31)11-8-15/h3-7,9,12-14,24H,8,10-11H2,1-2H3,(H,28,29). The van der Waals surface area contributed by atoms with Crippen molar-refractivity contribution in [1.29, 1.82) is 0 Å². The largest absolute Gasteiger partial charge is 0.496 e. The van der Waals surface area contributed by atoms with E-state index in [2.05, 4.69) is 10.3 Å². The van der Waals surface area contributed by atoms with E-state index < -0.39 is 33.7 Å². The summed E-state index contributed by atoms with van der Waals surface area (Å²) in [6.45, 7) is 1.69. The van der Waals surface area contributed by atoms with Crippen molar-refractivity contribution in [2.75, 3.05) is 23.9 Å². The summed E-state index contributed by atoms with van der Waals surface area (Å²) in [5, 5.41) is 3.93. The Balaban J connectivity index is 1.75. The average molecular weight is 477 g/mol. The first kappa shape index (κ1) is 23.1. The van der Waals surface area contributed by atoms with Gasteiger partial charge in [0.2, 0.25) is 0 Å². The first-order valence-corrected chi connectivity index (χ1v) is 12.2. The summed E-state index contributed by atoms with van der Waals surface area (Å²) in [5.74, 6) is -0.323. The van der Waals surface area contributed by atoms with E-state index in [0.717, 1.165) is 22.6 Å². The Kier molecular flexibility index (Phi) is 6.34. The Bertz CT molecular complexity index is 1340. The van der Waals surface area contributed by atoms with Gasteiger partial charge in [0.05, 0.1) is 35.7 Å². The number of hydrogen-bond acceptors (Lipinski definition) is 5. The second kappa shape index (κ2) is 9.05. The van der Waals surface area contributed by atoms with Crippen LogP contribution in [0.15, 0.2) is 48.7 Å². The molecule has 0 fully saturated rings. The van der Waals surface area contributed by atoms with Crippen LogP contribution in [0.2, 0.25) is 0 Å². The summed E-state index contributed by atoms with van der Waals surface area (Å²) >= 11 is 0. The molecule has 1 aliphatic heterocycles. The van der Waals surface area contributed by atoms with Gasteiger partial charge in [0, 0.05) is 34.5 Å². The molecule has 33 heavy (non-hydrogen) atoms. The maximum atomic E-state index is 14.7. The quantitative estimate of drug-likeness (QED) is 0.495. The molecule has 2 heterocycles. The van der Waals surface area contributed by atoms with Gasteiger partial charge in [-0.2, -0.15) is 0 Å². The lowest BCUT2D eigenvalue weighted by atomic mass is 9.98. The maximum Gasteiger partial charge on any atom is 0.266 e. The molecule has 0 spiro atoms. The molecule has 2 aromatic carbocycles. The SMILES string of the molecule is COc1cc2nccc(NC(C)c3cccc(C(F)F)c3F)c2cc1C1=CCS(=O)(=O)CC1. The average Bonchev–Trinajstić information content (AvgIpc) is 2.78. The monoisotopic (exact) mass is 476 g/mol. The number of nitrogens with one attached hydrogen (secondary N) is 1. The van der Waals surface area contributed by atoms with Gasteiger partial charge in [-0.1, -0.05) is 24.3 Å². The number of allylic oxidation sites excluding steroid dienone is 1. The molecular formula is C24H23F3N2O3S. The Morgan fingerprint density at radius 2 is 1.91 bits per heavy atom. The molecule has 0 saturated carbocycles. The van der Waals surface area contributed by atoms with E-state index >= 15 is 0 Å². The lowest BCUT2D eigenvalue weighted by Crippen LogP contribution is -2.15. The van der Waals surface area contributed by atoms with Gasteiger partial charge >= 0.3 is 0 Å². The molecule has 1 aliphatic rings. The Morgan fingerprint density at radius 1 is 1.15 bits per heavy atom. The molecule has 0 aliphatic carbocycles. The van der Waals surface area contributed by atoms with Crippen molar-refractivity contribution in [3.63, 3.8) is 0 Å². The van der Waals surface area contributed by atoms with Gasteiger partial charge in [-0.3, -0.25) is 4.98 Å². The minimum absolute atomic E-state index is 0.0293. The Hall–Kier alpha value is -3.07. The number of ether oxygens (including phenoxy) is 1. The fourth-order valence-electron chi connectivity index (χ4n) is 4.02. The number of rotatable bonds is 6. The van der Waals surface area contributed by atoms with Gasteiger partial charge in [-0.05, 0) is 31.1 Å². The fourth-order valence-corrected chi connectivity index (χ4v) is 5.18. The van der Waals surface area contributed by atoms with E-state index in [9.17, 15) is 21.6 Å². The van der Waals surface area contributed by atoms with Crippen molar-refractivity contribution in [3.05, 3.63) is 71.2 Å². The van der Waals surface area contributed by atoms with E-state index in [-0.39, 0.29) is 17.1 Å². The number of sulfone groups is 1. The summed E-state index contributed by atoms with van der Waals surface area (Å²) in [7, 11) is -1.55. The number of aromatic nitrogens is 1. The van der Waals surface area contributed by atoms with Crippen LogP contribution in [0, 0.1) is 5.82 Å². The molecule has 174 valence electrons. The molecule has 0 radical (unpaired) electrons. The van der Waals surface area contributed by atoms with Crippen LogP contribution in [-0.4, -0.2) is 32.0 Å². The number of hydrogen-bond donors (Lipinski definition) is 1. The summed E-state index contributed by atoms with van der Waals surface area (Å²) in [6.07, 6.45) is 0.755. The van der Waals surface area contributed by atoms with Gasteiger partial charge < -0.3 is 10.1 Å². The minimum Gasteiger partial charge on any atom is -0.496 e. The number of benzene rings is 2. The number of halogens is 3. The molecule has 1 N–H and O–H groups in total. The predicted octanol–water partition coefficient (Wildman–Crippen LogP) is 5.70. The van der Waals surface area contributed by atoms with Crippen molar-refractivity contribution in [3.8, 4) is 5.75 Å². The van der Waals surface area contributed by atoms with E-state index in [1.165, 1.54) is 19.2 Å². The molecule has 1 aromatic heterocycles. The summed E-state index contributed by atoms with van der Waals surface area (Å²) in [4.78, 5) is 4.39. The molecule has 0 bridgehead atoms. The molecule has 9 heteroatoms. The third-order valence-electron chi connectivity index (χ3n) is 5.81. The summed E-state index contributed by atoms with van der Waals surface area (Å²) in [5.41, 5.74) is 2.39. The second-order valence-corrected chi connectivity index (χ2v) is 10.2. The zero-order chi connectivity index (χ0) is 23.8. The van der Waals surface area contributed by atoms with Gasteiger partial charge in [-0.15, -0.1) is 0 Å². The van der Waals surface area contributed by atoms with Crippen molar-refractivity contribution in [1.82, 2.24) is 4.98 Å². The maximum absolute atomic E-state index is 14.7. The molecule has 4 rings (SSSR count). The van der Waals surface area contributed by atoms with Crippen LogP contribution >= 0.6 is 0 Å². The van der Waals surface area contributed by atoms with Gasteiger partial charge in [0.1, 0.15) is 11.6 Å². The fraction of sp³-hybridized carbons (Fsp3) is 0.292. The van der Waals surface area contributed by atoms with E-state index in [1.807, 2.05) is 6.07 Å². The third kappa shape index (κ3) is 4.68. The van der Waals surface area contributed by atoms with E-state index in [0.29, 0.717) is 23.4 Å². The third-order valence-corrected chi connectivity index (χ3v) is 7.31. The van der Waals surface area contributed by atoms with Crippen LogP contribution in [0.5, 0.6) is 5.75 Å². The van der Waals surface area contributed by atoms with Gasteiger partial charge in [-0.25, -0.2) is 21.6 Å². The Morgan fingerprint density at radius 3 is 2.58 bits per heavy atom. The zero-order valence-corrected chi connectivity index (χ0v) is 18.9. The first-order valence-electron chi connectivity index (χ1n) is 10.4. The predicted molar refractivity (Wildman–Crippen MR) is 123 cm³/mol. The van der Waals surface area contributed by atoms with Crippen LogP contribution < -0.4 is 10.1 Å². The number of methoxy groups -OCH3 is 1. The molecule has 5 nitrogen and oxygen atoms in total. The second-order valence-electron chi connectivity index (χ2n) is 7.94. The zero-order valence-electron chi connectivity index (χ0n) is 18.1. The Labute approximate surface area is 190 Å². The van der Waals surface area contributed by atoms with Gasteiger partial charge in [0.25, 0.3) is 6.43 Å². The van der Waals surface area contributed by atoms with Crippen molar-refractivity contribution in [2.24, 2.45) is 0 Å². The number of nitrogens with zero attached hydrogens (tertiary/aromatic N) is 1. The van der Waals surface area contributed by atoms with E-state index in [1.54, 1.807) is 31.3 Å². The molecule has 0 saturated heterocycles. The van der Waals surface area contributed by atoms with Crippen molar-refractivity contribution < 1.29 is 26.3 Å². The topological polar surface area (TPSA) is 68.3 Å². The molecule has 1 atom stereocenters. The van der Waals surface area contributed by atoms with Crippen LogP contribution in [0.3, 0.4) is 0 Å². The van der Waals surface area contributed by atoms with Crippen LogP contribution in [0.4, 0.5) is 18.9 Å². The first-order chi connectivity index (χ1) is 15.7. The highest BCUT2D eigenvalue weighted by molar-refractivity contribution is 7.91. The van der Waals surface area contributed by atoms with Crippen LogP contribution in [0.1, 0.15) is 42.5 Å². The number of alkyl halides is 2. The normalized spacial score (nSPS) is 16.5. The van der Waals surface area contributed by atoms with Crippen LogP contribution in [0.25, 0.3) is 16.5 Å². The highest BCUT2D eigenvalue weighted by Gasteiger charge is 2.22. The lowest BCUT2D eigenvalue weighted by Gasteiger charge is -2.21. The van der Waals surface area contributed by atoms with E-state index in [4.69, 9.17) is 4.74 Å². The van der Waals surface area contributed by atoms with Crippen molar-refractivity contribution >= 4 is 32.0 Å². The molecule has 0 amide bonds. The van der Waals surface area contributed by atoms with Crippen LogP contribution in [-0.2, 0) is 9.84 Å². The number of anilines is 1. The lowest BCUT2D eigenvalue weighted by molar-refractivity contribution is 0.146. The number of pyridine rings is 1. The smallest absolute Gasteiger partial charge is 0.266 e. The molecular weight excluding hydrogens is 453 g/mol. The van der Waals surface area contributed by atoms with Gasteiger partial charge in [0.15, 0.2) is 9.84 Å². The highest BCUT2D eigenvalue weighted by atomic mass is 32.2. The minimum atomic E-state index is -3.09. The molecule has 3 aromatic rings. The van der Waals surface area contributed by atoms with Crippen molar-refractivity contribution in [2.45, 2.75) is 25.8 Å². The molecule has 1 unspecified atom stereocenters. The highest BCUT2D eigenvalue weighted by Crippen LogP contribution is 2.37. The summed E-state index contributed by atoms with van der Waals surface area (Å²) < 4.78 is 70.1. The summed E-state index contributed by atoms with van der Waals surface area (Å²) in [6, 6.07) is 8.73. The number of fused-ring (bicyclic) bond motifs is 1.